The Kier molecular flexibility index (Phi) is 6.04. The normalized spacial score (nSPS) is 13.8. The van der Waals surface area contributed by atoms with Gasteiger partial charge in [0.25, 0.3) is 0 Å². The Bertz CT molecular complexity index is 354. The number of halogens is 3. The number of hydrogen-bond acceptors (Lipinski definition) is 4. The fourth-order valence-electron chi connectivity index (χ4n) is 1.17. The van der Waals surface area contributed by atoms with Gasteiger partial charge >= 0.3 is 6.18 Å². The van der Waals surface area contributed by atoms with Crippen molar-refractivity contribution in [2.24, 2.45) is 0 Å². The van der Waals surface area contributed by atoms with Gasteiger partial charge in [-0.1, -0.05) is 6.92 Å². The Hall–Kier alpha value is -0.660. The molecule has 1 heterocycles. The predicted octanol–water partition coefficient (Wildman–Crippen LogP) is 3.11. The molecule has 0 aliphatic heterocycles. The molecule has 0 fully saturated rings. The lowest BCUT2D eigenvalue weighted by atomic mass is 10.4. The van der Waals surface area contributed by atoms with Crippen LogP contribution in [0.1, 0.15) is 31.0 Å². The van der Waals surface area contributed by atoms with Gasteiger partial charge in [-0.25, -0.2) is 4.98 Å². The molecule has 0 spiro atoms. The van der Waals surface area contributed by atoms with E-state index >= 15 is 0 Å². The van der Waals surface area contributed by atoms with E-state index in [1.54, 1.807) is 5.38 Å². The van der Waals surface area contributed by atoms with Crippen LogP contribution in [0.25, 0.3) is 0 Å². The number of nitrogens with zero attached hydrogens (tertiary/aromatic N) is 1. The lowest BCUT2D eigenvalue weighted by Crippen LogP contribution is -2.28. The minimum Gasteiger partial charge on any atom is -0.363 e. The summed E-state index contributed by atoms with van der Waals surface area (Å²) >= 11 is 1.42. The minimum absolute atomic E-state index is 0.106. The zero-order valence-electron chi connectivity index (χ0n) is 10.4. The third-order valence-corrected chi connectivity index (χ3v) is 3.14. The molecule has 3 nitrogen and oxygen atoms in total. The van der Waals surface area contributed by atoms with E-state index < -0.39 is 12.3 Å². The summed E-state index contributed by atoms with van der Waals surface area (Å²) in [6, 6.07) is 0. The predicted molar refractivity (Wildman–Crippen MR) is 64.4 cm³/mol. The molecular formula is C11H17F3N2OS. The van der Waals surface area contributed by atoms with Crippen LogP contribution in [0.3, 0.4) is 0 Å². The van der Waals surface area contributed by atoms with Crippen molar-refractivity contribution >= 4 is 11.3 Å². The lowest BCUT2D eigenvalue weighted by molar-refractivity contribution is -0.217. The first kappa shape index (κ1) is 15.4. The number of rotatable bonds is 7. The van der Waals surface area contributed by atoms with Crippen LogP contribution in [-0.4, -0.2) is 23.8 Å². The average molecular weight is 282 g/mol. The Morgan fingerprint density at radius 3 is 2.83 bits per heavy atom. The molecule has 1 rings (SSSR count). The minimum atomic E-state index is -4.32. The number of ether oxygens (including phenoxy) is 1. The second-order valence-corrected chi connectivity index (χ2v) is 4.85. The Balaban J connectivity index is 2.35. The van der Waals surface area contributed by atoms with E-state index in [2.05, 4.69) is 17.2 Å². The smallest absolute Gasteiger partial charge is 0.363 e. The molecule has 1 atom stereocenters. The Morgan fingerprint density at radius 1 is 1.50 bits per heavy atom. The van der Waals surface area contributed by atoms with Crippen molar-refractivity contribution in [1.82, 2.24) is 10.3 Å². The van der Waals surface area contributed by atoms with Crippen LogP contribution >= 0.6 is 11.3 Å². The van der Waals surface area contributed by atoms with Gasteiger partial charge in [0, 0.05) is 11.9 Å². The molecule has 0 aliphatic rings. The number of thiazole rings is 1. The monoisotopic (exact) mass is 282 g/mol. The van der Waals surface area contributed by atoms with Crippen molar-refractivity contribution in [3.8, 4) is 0 Å². The molecule has 104 valence electrons. The number of hydrogen-bond donors (Lipinski definition) is 1. The Labute approximate surface area is 108 Å². The van der Waals surface area contributed by atoms with Crippen molar-refractivity contribution in [2.75, 3.05) is 6.54 Å². The summed E-state index contributed by atoms with van der Waals surface area (Å²) in [6.45, 7) is 4.50. The van der Waals surface area contributed by atoms with E-state index in [1.165, 1.54) is 11.3 Å². The van der Waals surface area contributed by atoms with Crippen molar-refractivity contribution in [3.05, 3.63) is 16.1 Å². The van der Waals surface area contributed by atoms with Gasteiger partial charge in [0.1, 0.15) is 5.01 Å². The fourth-order valence-corrected chi connectivity index (χ4v) is 1.92. The largest absolute Gasteiger partial charge is 0.414 e. The number of nitrogens with one attached hydrogen (secondary N) is 1. The van der Waals surface area contributed by atoms with Gasteiger partial charge in [0.15, 0.2) is 6.10 Å². The van der Waals surface area contributed by atoms with Gasteiger partial charge < -0.3 is 10.1 Å². The molecule has 1 unspecified atom stereocenters. The highest BCUT2D eigenvalue weighted by molar-refractivity contribution is 7.09. The zero-order valence-corrected chi connectivity index (χ0v) is 11.2. The molecule has 0 saturated carbocycles. The van der Waals surface area contributed by atoms with Crippen LogP contribution < -0.4 is 5.32 Å². The van der Waals surface area contributed by atoms with Crippen LogP contribution in [0.5, 0.6) is 0 Å². The van der Waals surface area contributed by atoms with Crippen LogP contribution in [0.2, 0.25) is 0 Å². The standard InChI is InChI=1S/C11H17F3N2OS/c1-3-4-15-5-10-16-9(7-18-10)6-17-8(2)11(12,13)14/h7-8,15H,3-6H2,1-2H3. The zero-order chi connectivity index (χ0) is 13.6. The van der Waals surface area contributed by atoms with Crippen molar-refractivity contribution in [3.63, 3.8) is 0 Å². The van der Waals surface area contributed by atoms with E-state index in [9.17, 15) is 13.2 Å². The van der Waals surface area contributed by atoms with Crippen molar-refractivity contribution in [1.29, 1.82) is 0 Å². The summed E-state index contributed by atoms with van der Waals surface area (Å²) in [7, 11) is 0. The molecule has 7 heteroatoms. The molecule has 0 bridgehead atoms. The summed E-state index contributed by atoms with van der Waals surface area (Å²) in [4.78, 5) is 4.20. The van der Waals surface area contributed by atoms with E-state index in [-0.39, 0.29) is 6.61 Å². The first-order chi connectivity index (χ1) is 8.43. The maximum Gasteiger partial charge on any atom is 0.414 e. The molecule has 18 heavy (non-hydrogen) atoms. The average Bonchev–Trinajstić information content (AvgIpc) is 2.73. The van der Waals surface area contributed by atoms with Gasteiger partial charge in [-0.05, 0) is 19.9 Å². The molecule has 0 aliphatic carbocycles. The van der Waals surface area contributed by atoms with Crippen LogP contribution in [0.15, 0.2) is 5.38 Å². The summed E-state index contributed by atoms with van der Waals surface area (Å²) in [6.07, 6.45) is -5.05. The molecule has 0 radical (unpaired) electrons. The van der Waals surface area contributed by atoms with Gasteiger partial charge in [0.2, 0.25) is 0 Å². The number of aromatic nitrogens is 1. The van der Waals surface area contributed by atoms with Crippen molar-refractivity contribution in [2.45, 2.75) is 45.7 Å². The quantitative estimate of drug-likeness (QED) is 0.780. The third-order valence-electron chi connectivity index (χ3n) is 2.24. The topological polar surface area (TPSA) is 34.2 Å². The van der Waals surface area contributed by atoms with Gasteiger partial charge in [-0.2, -0.15) is 13.2 Å². The van der Waals surface area contributed by atoms with E-state index in [1.807, 2.05) is 0 Å². The Morgan fingerprint density at radius 2 is 2.22 bits per heavy atom. The molecule has 1 aromatic heterocycles. The summed E-state index contributed by atoms with van der Waals surface area (Å²) in [5, 5.41) is 5.77. The van der Waals surface area contributed by atoms with Crippen LogP contribution in [-0.2, 0) is 17.9 Å². The first-order valence-corrected chi connectivity index (χ1v) is 6.63. The molecule has 0 saturated heterocycles. The third kappa shape index (κ3) is 5.32. The van der Waals surface area contributed by atoms with E-state index in [0.29, 0.717) is 12.2 Å². The molecule has 1 N–H and O–H groups in total. The van der Waals surface area contributed by atoms with Gasteiger partial charge in [-0.3, -0.25) is 0 Å². The highest BCUT2D eigenvalue weighted by Gasteiger charge is 2.36. The maximum atomic E-state index is 12.2. The fraction of sp³-hybridized carbons (Fsp3) is 0.727. The molecule has 1 aromatic rings. The number of alkyl halides is 3. The van der Waals surface area contributed by atoms with Crippen LogP contribution in [0, 0.1) is 0 Å². The molecule has 0 aromatic carbocycles. The highest BCUT2D eigenvalue weighted by atomic mass is 32.1. The SMILES string of the molecule is CCCNCc1nc(COC(C)C(F)(F)F)cs1. The summed E-state index contributed by atoms with van der Waals surface area (Å²) in [5.41, 5.74) is 0.546. The van der Waals surface area contributed by atoms with Crippen molar-refractivity contribution < 1.29 is 17.9 Å². The maximum absolute atomic E-state index is 12.2. The first-order valence-electron chi connectivity index (χ1n) is 5.75. The van der Waals surface area contributed by atoms with E-state index in [4.69, 9.17) is 4.74 Å². The second kappa shape index (κ2) is 7.06. The summed E-state index contributed by atoms with van der Waals surface area (Å²) < 4.78 is 41.4. The highest BCUT2D eigenvalue weighted by Crippen LogP contribution is 2.23. The van der Waals surface area contributed by atoms with Gasteiger partial charge in [0.05, 0.1) is 12.3 Å². The molecule has 0 amide bonds. The molecular weight excluding hydrogens is 265 g/mol. The van der Waals surface area contributed by atoms with Gasteiger partial charge in [-0.15, -0.1) is 11.3 Å². The van der Waals surface area contributed by atoms with Crippen LogP contribution in [0.4, 0.5) is 13.2 Å². The van der Waals surface area contributed by atoms with E-state index in [0.717, 1.165) is 24.9 Å². The summed E-state index contributed by atoms with van der Waals surface area (Å²) in [5.74, 6) is 0. The lowest BCUT2D eigenvalue weighted by Gasteiger charge is -2.15. The second-order valence-electron chi connectivity index (χ2n) is 3.90.